The molecule has 4 rings (SSSR count). The highest BCUT2D eigenvalue weighted by Crippen LogP contribution is 2.30. The molecule has 2 aromatic heterocycles. The maximum atomic E-state index is 6.04. The van der Waals surface area contributed by atoms with Gasteiger partial charge < -0.3 is 4.74 Å². The molecule has 0 saturated heterocycles. The first-order chi connectivity index (χ1) is 11.8. The van der Waals surface area contributed by atoms with Crippen LogP contribution in [-0.4, -0.2) is 15.0 Å². The summed E-state index contributed by atoms with van der Waals surface area (Å²) in [6.45, 7) is 0. The predicted octanol–water partition coefficient (Wildman–Crippen LogP) is 5.14. The molecular weight excluding hydrogens is 322 g/mol. The zero-order valence-electron chi connectivity index (χ0n) is 12.6. The summed E-state index contributed by atoms with van der Waals surface area (Å²) >= 11 is 6.04. The minimum atomic E-state index is 0.488. The Morgan fingerprint density at radius 2 is 1.79 bits per heavy atom. The SMILES string of the molecule is Clc1cccc(Oc2nc(-c3cccnc3)nc3ccccc23)c1. The van der Waals surface area contributed by atoms with Crippen LogP contribution in [0.3, 0.4) is 0 Å². The third-order valence-electron chi connectivity index (χ3n) is 3.50. The molecule has 0 fully saturated rings. The molecule has 0 aliphatic rings. The Bertz CT molecular complexity index is 1010. The summed E-state index contributed by atoms with van der Waals surface area (Å²) in [6.07, 6.45) is 3.45. The first-order valence-corrected chi connectivity index (χ1v) is 7.78. The maximum absolute atomic E-state index is 6.04. The molecule has 0 aliphatic heterocycles. The lowest BCUT2D eigenvalue weighted by atomic mass is 10.2. The van der Waals surface area contributed by atoms with Gasteiger partial charge in [-0.05, 0) is 42.5 Å². The molecule has 0 radical (unpaired) electrons. The molecule has 2 aromatic carbocycles. The van der Waals surface area contributed by atoms with E-state index in [9.17, 15) is 0 Å². The molecule has 4 nitrogen and oxygen atoms in total. The minimum Gasteiger partial charge on any atom is -0.438 e. The minimum absolute atomic E-state index is 0.488. The number of hydrogen-bond donors (Lipinski definition) is 0. The molecule has 4 aromatic rings. The lowest BCUT2D eigenvalue weighted by molar-refractivity contribution is 0.469. The van der Waals surface area contributed by atoms with Gasteiger partial charge in [0, 0.05) is 23.0 Å². The van der Waals surface area contributed by atoms with Crippen molar-refractivity contribution in [3.05, 3.63) is 78.1 Å². The van der Waals surface area contributed by atoms with E-state index in [4.69, 9.17) is 16.3 Å². The molecule has 0 amide bonds. The van der Waals surface area contributed by atoms with Crippen LogP contribution in [0.5, 0.6) is 11.6 Å². The van der Waals surface area contributed by atoms with E-state index < -0.39 is 0 Å². The highest BCUT2D eigenvalue weighted by Gasteiger charge is 2.11. The van der Waals surface area contributed by atoms with Gasteiger partial charge in [0.05, 0.1) is 10.9 Å². The third kappa shape index (κ3) is 2.92. The van der Waals surface area contributed by atoms with Crippen molar-refractivity contribution >= 4 is 22.5 Å². The number of rotatable bonds is 3. The van der Waals surface area contributed by atoms with Gasteiger partial charge in [-0.25, -0.2) is 4.98 Å². The Kier molecular flexibility index (Phi) is 3.81. The second-order valence-corrected chi connectivity index (χ2v) is 5.61. The van der Waals surface area contributed by atoms with Gasteiger partial charge in [0.1, 0.15) is 5.75 Å². The van der Waals surface area contributed by atoms with Crippen LogP contribution >= 0.6 is 11.6 Å². The van der Waals surface area contributed by atoms with E-state index in [-0.39, 0.29) is 0 Å². The molecule has 0 N–H and O–H groups in total. The van der Waals surface area contributed by atoms with E-state index in [1.807, 2.05) is 48.5 Å². The van der Waals surface area contributed by atoms with Crippen LogP contribution in [0.2, 0.25) is 5.02 Å². The second kappa shape index (κ2) is 6.26. The van der Waals surface area contributed by atoms with Gasteiger partial charge in [0.2, 0.25) is 5.88 Å². The van der Waals surface area contributed by atoms with Crippen LogP contribution in [0.15, 0.2) is 73.1 Å². The number of nitrogens with zero attached hydrogens (tertiary/aromatic N) is 3. The first-order valence-electron chi connectivity index (χ1n) is 7.40. The molecule has 2 heterocycles. The number of aromatic nitrogens is 3. The fourth-order valence-corrected chi connectivity index (χ4v) is 2.57. The quantitative estimate of drug-likeness (QED) is 0.521. The van der Waals surface area contributed by atoms with Crippen molar-refractivity contribution in [2.24, 2.45) is 0 Å². The standard InChI is InChI=1S/C19H12ClN3O/c20-14-6-3-7-15(11-14)24-19-16-8-1-2-9-17(16)22-18(23-19)13-5-4-10-21-12-13/h1-12H. The summed E-state index contributed by atoms with van der Waals surface area (Å²) in [5, 5.41) is 1.45. The number of fused-ring (bicyclic) bond motifs is 1. The van der Waals surface area contributed by atoms with Crippen molar-refractivity contribution < 1.29 is 4.74 Å². The van der Waals surface area contributed by atoms with E-state index >= 15 is 0 Å². The predicted molar refractivity (Wildman–Crippen MR) is 94.3 cm³/mol. The van der Waals surface area contributed by atoms with Crippen LogP contribution in [0.4, 0.5) is 0 Å². The normalized spacial score (nSPS) is 10.7. The van der Waals surface area contributed by atoms with Gasteiger partial charge in [-0.3, -0.25) is 4.98 Å². The Morgan fingerprint density at radius 3 is 2.62 bits per heavy atom. The molecule has 0 atom stereocenters. The summed E-state index contributed by atoms with van der Waals surface area (Å²) in [5.74, 6) is 1.68. The Balaban J connectivity index is 1.86. The van der Waals surface area contributed by atoms with Crippen LogP contribution in [0.25, 0.3) is 22.3 Å². The van der Waals surface area contributed by atoms with E-state index in [2.05, 4.69) is 15.0 Å². The monoisotopic (exact) mass is 333 g/mol. The van der Waals surface area contributed by atoms with Crippen molar-refractivity contribution in [1.29, 1.82) is 0 Å². The molecule has 5 heteroatoms. The first kappa shape index (κ1) is 14.6. The van der Waals surface area contributed by atoms with E-state index in [1.165, 1.54) is 0 Å². The topological polar surface area (TPSA) is 47.9 Å². The zero-order chi connectivity index (χ0) is 16.4. The van der Waals surface area contributed by atoms with Crippen molar-refractivity contribution in [3.63, 3.8) is 0 Å². The van der Waals surface area contributed by atoms with Crippen molar-refractivity contribution in [3.8, 4) is 23.0 Å². The van der Waals surface area contributed by atoms with E-state index in [1.54, 1.807) is 24.5 Å². The summed E-state index contributed by atoms with van der Waals surface area (Å²) in [5.41, 5.74) is 1.64. The molecule has 0 spiro atoms. The van der Waals surface area contributed by atoms with Crippen molar-refractivity contribution in [2.45, 2.75) is 0 Å². The van der Waals surface area contributed by atoms with Crippen LogP contribution in [0.1, 0.15) is 0 Å². The highest BCUT2D eigenvalue weighted by atomic mass is 35.5. The second-order valence-electron chi connectivity index (χ2n) is 5.17. The fourth-order valence-electron chi connectivity index (χ4n) is 2.39. The molecule has 116 valence electrons. The fraction of sp³-hybridized carbons (Fsp3) is 0. The number of ether oxygens (including phenoxy) is 1. The number of benzene rings is 2. The molecule has 0 saturated carbocycles. The van der Waals surface area contributed by atoms with Crippen LogP contribution < -0.4 is 4.74 Å². The van der Waals surface area contributed by atoms with Crippen molar-refractivity contribution in [2.75, 3.05) is 0 Å². The number of para-hydroxylation sites is 1. The average molecular weight is 334 g/mol. The smallest absolute Gasteiger partial charge is 0.230 e. The third-order valence-corrected chi connectivity index (χ3v) is 3.73. The molecule has 0 bridgehead atoms. The number of pyridine rings is 1. The van der Waals surface area contributed by atoms with Gasteiger partial charge in [-0.2, -0.15) is 4.98 Å². The summed E-state index contributed by atoms with van der Waals surface area (Å²) < 4.78 is 5.98. The molecular formula is C19H12ClN3O. The number of halogens is 1. The Morgan fingerprint density at radius 1 is 0.875 bits per heavy atom. The van der Waals surface area contributed by atoms with Gasteiger partial charge >= 0.3 is 0 Å². The largest absolute Gasteiger partial charge is 0.438 e. The van der Waals surface area contributed by atoms with Crippen molar-refractivity contribution in [1.82, 2.24) is 15.0 Å². The van der Waals surface area contributed by atoms with Crippen LogP contribution in [-0.2, 0) is 0 Å². The Hall–Kier alpha value is -2.98. The van der Waals surface area contributed by atoms with Gasteiger partial charge in [-0.1, -0.05) is 29.8 Å². The number of hydrogen-bond acceptors (Lipinski definition) is 4. The van der Waals surface area contributed by atoms with E-state index in [0.29, 0.717) is 22.5 Å². The maximum Gasteiger partial charge on any atom is 0.230 e. The lowest BCUT2D eigenvalue weighted by Crippen LogP contribution is -1.96. The lowest BCUT2D eigenvalue weighted by Gasteiger charge is -2.10. The van der Waals surface area contributed by atoms with Gasteiger partial charge in [-0.15, -0.1) is 0 Å². The van der Waals surface area contributed by atoms with Gasteiger partial charge in [0.15, 0.2) is 5.82 Å². The summed E-state index contributed by atoms with van der Waals surface area (Å²) in [6, 6.07) is 18.7. The molecule has 24 heavy (non-hydrogen) atoms. The average Bonchev–Trinajstić information content (AvgIpc) is 2.62. The molecule has 0 unspecified atom stereocenters. The summed E-state index contributed by atoms with van der Waals surface area (Å²) in [7, 11) is 0. The van der Waals surface area contributed by atoms with Crippen LogP contribution in [0, 0.1) is 0 Å². The molecule has 0 aliphatic carbocycles. The summed E-state index contributed by atoms with van der Waals surface area (Å²) in [4.78, 5) is 13.3. The highest BCUT2D eigenvalue weighted by molar-refractivity contribution is 6.30. The zero-order valence-corrected chi connectivity index (χ0v) is 13.3. The Labute approximate surface area is 143 Å². The van der Waals surface area contributed by atoms with E-state index in [0.717, 1.165) is 16.5 Å². The van der Waals surface area contributed by atoms with Gasteiger partial charge in [0.25, 0.3) is 0 Å².